The summed E-state index contributed by atoms with van der Waals surface area (Å²) in [7, 11) is 0. The molecule has 0 aromatic heterocycles. The lowest BCUT2D eigenvalue weighted by Gasteiger charge is -2.41. The zero-order valence-corrected chi connectivity index (χ0v) is 12.3. The van der Waals surface area contributed by atoms with Crippen LogP contribution in [0.4, 0.5) is 0 Å². The third kappa shape index (κ3) is 4.05. The molecule has 0 spiro atoms. The van der Waals surface area contributed by atoms with E-state index in [1.54, 1.807) is 24.3 Å². The van der Waals surface area contributed by atoms with Crippen LogP contribution in [0.2, 0.25) is 0 Å². The maximum absolute atomic E-state index is 12.0. The molecule has 0 bridgehead atoms. The molecule has 1 aromatic rings. The van der Waals surface area contributed by atoms with Crippen molar-refractivity contribution >= 4 is 11.9 Å². The number of aliphatic hydroxyl groups is 3. The van der Waals surface area contributed by atoms with E-state index in [2.05, 4.69) is 5.32 Å². The van der Waals surface area contributed by atoms with Gasteiger partial charge >= 0.3 is 5.97 Å². The monoisotopic (exact) mass is 325 g/mol. The van der Waals surface area contributed by atoms with Gasteiger partial charge in [-0.1, -0.05) is 30.3 Å². The van der Waals surface area contributed by atoms with Gasteiger partial charge in [0.25, 0.3) is 5.79 Å². The van der Waals surface area contributed by atoms with Gasteiger partial charge in [0.15, 0.2) is 0 Å². The maximum atomic E-state index is 12.0. The molecule has 1 heterocycles. The van der Waals surface area contributed by atoms with Crippen LogP contribution in [-0.2, 0) is 20.7 Å². The number of aliphatic hydroxyl groups excluding tert-OH is 2. The first-order valence-electron chi connectivity index (χ1n) is 7.11. The Kier molecular flexibility index (Phi) is 5.32. The van der Waals surface area contributed by atoms with Gasteiger partial charge in [0, 0.05) is 6.42 Å². The molecule has 23 heavy (non-hydrogen) atoms. The van der Waals surface area contributed by atoms with Crippen LogP contribution < -0.4 is 5.32 Å². The summed E-state index contributed by atoms with van der Waals surface area (Å²) in [5.74, 6) is -4.67. The number of carboxylic acid groups (broad SMARTS) is 1. The molecule has 1 aliphatic rings. The SMILES string of the molecule is O=C(Cc1ccccc1)N[C@H]1[C@H](CO)OC(O)(C(=O)O)C[C@@H]1O. The van der Waals surface area contributed by atoms with Gasteiger partial charge < -0.3 is 30.5 Å². The first kappa shape index (κ1) is 17.4. The normalized spacial score (nSPS) is 30.7. The Morgan fingerprint density at radius 2 is 1.96 bits per heavy atom. The Labute approximate surface area is 132 Å². The molecule has 1 amide bonds. The fourth-order valence-electron chi connectivity index (χ4n) is 2.53. The van der Waals surface area contributed by atoms with E-state index in [9.17, 15) is 24.9 Å². The molecule has 0 saturated carbocycles. The molecule has 0 radical (unpaired) electrons. The molecule has 8 nitrogen and oxygen atoms in total. The third-order valence-electron chi connectivity index (χ3n) is 3.70. The van der Waals surface area contributed by atoms with Gasteiger partial charge in [0.2, 0.25) is 5.91 Å². The van der Waals surface area contributed by atoms with E-state index >= 15 is 0 Å². The van der Waals surface area contributed by atoms with Crippen LogP contribution in [0.1, 0.15) is 12.0 Å². The Hall–Kier alpha value is -2.00. The lowest BCUT2D eigenvalue weighted by molar-refractivity contribution is -0.280. The zero-order chi connectivity index (χ0) is 17.0. The average Bonchev–Trinajstić information content (AvgIpc) is 2.50. The number of amides is 1. The average molecular weight is 325 g/mol. The standard InChI is InChI=1S/C15H19NO7/c17-8-11-13(10(18)7-15(22,23-11)14(20)21)16-12(19)6-9-4-2-1-3-5-9/h1-5,10-11,13,17-18,22H,6-8H2,(H,16,19)(H,20,21)/t10-,11-,13+,15?/m0/s1. The van der Waals surface area contributed by atoms with Crippen LogP contribution in [0.15, 0.2) is 30.3 Å². The van der Waals surface area contributed by atoms with Gasteiger partial charge in [-0.25, -0.2) is 4.79 Å². The first-order chi connectivity index (χ1) is 10.9. The summed E-state index contributed by atoms with van der Waals surface area (Å²) in [6.07, 6.45) is -3.16. The number of hydrogen-bond donors (Lipinski definition) is 5. The van der Waals surface area contributed by atoms with Crippen LogP contribution in [-0.4, -0.2) is 62.9 Å². The maximum Gasteiger partial charge on any atom is 0.364 e. The summed E-state index contributed by atoms with van der Waals surface area (Å²) < 4.78 is 4.95. The van der Waals surface area contributed by atoms with Crippen molar-refractivity contribution < 1.29 is 34.8 Å². The van der Waals surface area contributed by atoms with E-state index in [4.69, 9.17) is 9.84 Å². The molecule has 0 aliphatic carbocycles. The highest BCUT2D eigenvalue weighted by Gasteiger charge is 2.50. The number of aliphatic carboxylic acids is 1. The molecule has 1 saturated heterocycles. The van der Waals surface area contributed by atoms with Crippen molar-refractivity contribution in [3.63, 3.8) is 0 Å². The third-order valence-corrected chi connectivity index (χ3v) is 3.70. The van der Waals surface area contributed by atoms with Crippen molar-refractivity contribution in [1.29, 1.82) is 0 Å². The molecule has 126 valence electrons. The van der Waals surface area contributed by atoms with E-state index in [0.29, 0.717) is 0 Å². The number of nitrogens with one attached hydrogen (secondary N) is 1. The summed E-state index contributed by atoms with van der Waals surface area (Å²) in [6, 6.07) is 7.89. The number of ether oxygens (including phenoxy) is 1. The first-order valence-corrected chi connectivity index (χ1v) is 7.11. The minimum atomic E-state index is -2.59. The quantitative estimate of drug-likeness (QED) is 0.450. The van der Waals surface area contributed by atoms with E-state index in [-0.39, 0.29) is 6.42 Å². The summed E-state index contributed by atoms with van der Waals surface area (Å²) in [5.41, 5.74) is 0.763. The lowest BCUT2D eigenvalue weighted by Crippen LogP contribution is -2.64. The smallest absolute Gasteiger partial charge is 0.364 e. The Morgan fingerprint density at radius 3 is 2.52 bits per heavy atom. The highest BCUT2D eigenvalue weighted by Crippen LogP contribution is 2.27. The van der Waals surface area contributed by atoms with Gasteiger partial charge in [0.05, 0.1) is 25.2 Å². The number of rotatable bonds is 5. The molecule has 1 unspecified atom stereocenters. The van der Waals surface area contributed by atoms with Crippen molar-refractivity contribution in [2.45, 2.75) is 36.9 Å². The second-order valence-electron chi connectivity index (χ2n) is 5.46. The van der Waals surface area contributed by atoms with E-state index in [1.165, 1.54) is 0 Å². The van der Waals surface area contributed by atoms with Crippen LogP contribution in [0.25, 0.3) is 0 Å². The molecule has 1 fully saturated rings. The summed E-state index contributed by atoms with van der Waals surface area (Å²) >= 11 is 0. The fourth-order valence-corrected chi connectivity index (χ4v) is 2.53. The number of carbonyl (C=O) groups excluding carboxylic acids is 1. The minimum absolute atomic E-state index is 0.0609. The Bertz CT molecular complexity index is 564. The summed E-state index contributed by atoms with van der Waals surface area (Å²) in [5, 5.41) is 40.6. The number of carboxylic acids is 1. The van der Waals surface area contributed by atoms with Crippen LogP contribution >= 0.6 is 0 Å². The Balaban J connectivity index is 2.04. The highest BCUT2D eigenvalue weighted by atomic mass is 16.7. The number of carbonyl (C=O) groups is 2. The van der Waals surface area contributed by atoms with Gasteiger partial charge in [-0.05, 0) is 5.56 Å². The largest absolute Gasteiger partial charge is 0.477 e. The molecule has 1 aromatic carbocycles. The lowest BCUT2D eigenvalue weighted by atomic mass is 9.93. The highest BCUT2D eigenvalue weighted by molar-refractivity contribution is 5.79. The minimum Gasteiger partial charge on any atom is -0.477 e. The summed E-state index contributed by atoms with van der Waals surface area (Å²) in [6.45, 7) is -0.664. The number of benzene rings is 1. The van der Waals surface area contributed by atoms with Gasteiger partial charge in [-0.2, -0.15) is 0 Å². The van der Waals surface area contributed by atoms with Crippen LogP contribution in [0.5, 0.6) is 0 Å². The van der Waals surface area contributed by atoms with Crippen molar-refractivity contribution in [3.8, 4) is 0 Å². The fraction of sp³-hybridized carbons (Fsp3) is 0.467. The van der Waals surface area contributed by atoms with Gasteiger partial charge in [-0.3, -0.25) is 4.79 Å². The van der Waals surface area contributed by atoms with Crippen molar-refractivity contribution in [2.24, 2.45) is 0 Å². The molecule has 2 rings (SSSR count). The van der Waals surface area contributed by atoms with Crippen LogP contribution in [0.3, 0.4) is 0 Å². The van der Waals surface area contributed by atoms with E-state index < -0.39 is 48.9 Å². The molecular weight excluding hydrogens is 306 g/mol. The molecule has 5 N–H and O–H groups in total. The Morgan fingerprint density at radius 1 is 1.30 bits per heavy atom. The second kappa shape index (κ2) is 7.05. The van der Waals surface area contributed by atoms with Crippen molar-refractivity contribution in [2.75, 3.05) is 6.61 Å². The van der Waals surface area contributed by atoms with E-state index in [1.807, 2.05) is 6.07 Å². The van der Waals surface area contributed by atoms with Crippen LogP contribution in [0, 0.1) is 0 Å². The molecule has 1 aliphatic heterocycles. The number of hydrogen-bond acceptors (Lipinski definition) is 6. The molecular formula is C15H19NO7. The molecule has 8 heteroatoms. The van der Waals surface area contributed by atoms with Gasteiger partial charge in [-0.15, -0.1) is 0 Å². The second-order valence-corrected chi connectivity index (χ2v) is 5.46. The van der Waals surface area contributed by atoms with Crippen molar-refractivity contribution in [3.05, 3.63) is 35.9 Å². The van der Waals surface area contributed by atoms with Gasteiger partial charge in [0.1, 0.15) is 6.10 Å². The topological polar surface area (TPSA) is 136 Å². The molecule has 4 atom stereocenters. The summed E-state index contributed by atoms with van der Waals surface area (Å²) in [4.78, 5) is 23.0. The van der Waals surface area contributed by atoms with Crippen molar-refractivity contribution in [1.82, 2.24) is 5.32 Å². The predicted octanol–water partition coefficient (Wildman–Crippen LogP) is -1.37. The predicted molar refractivity (Wildman–Crippen MR) is 77.2 cm³/mol. The zero-order valence-electron chi connectivity index (χ0n) is 12.3. The van der Waals surface area contributed by atoms with E-state index in [0.717, 1.165) is 5.56 Å².